The summed E-state index contributed by atoms with van der Waals surface area (Å²) in [4.78, 5) is 42.2. The van der Waals surface area contributed by atoms with Crippen LogP contribution in [0, 0.1) is 17.9 Å². The molecule has 0 unspecified atom stereocenters. The minimum atomic E-state index is -0.399. The minimum absolute atomic E-state index is 0.321. The highest BCUT2D eigenvalue weighted by Crippen LogP contribution is 2.42. The Morgan fingerprint density at radius 3 is 1.92 bits per heavy atom. The van der Waals surface area contributed by atoms with Crippen molar-refractivity contribution in [3.05, 3.63) is 174 Å². The summed E-state index contributed by atoms with van der Waals surface area (Å²) >= 11 is 0. The van der Waals surface area contributed by atoms with E-state index in [1.165, 1.54) is 17.3 Å². The van der Waals surface area contributed by atoms with E-state index in [0.717, 1.165) is 55.2 Å². The van der Waals surface area contributed by atoms with Crippen molar-refractivity contribution < 1.29 is 9.59 Å². The molecular weight excluding hydrogens is 645 g/mol. The molecule has 3 aromatic heterocycles. The molecule has 0 N–H and O–H groups in total. The van der Waals surface area contributed by atoms with E-state index in [0.29, 0.717) is 33.8 Å². The molecule has 8 heteroatoms. The fourth-order valence-corrected chi connectivity index (χ4v) is 7.15. The number of rotatable bonds is 5. The molecule has 9 rings (SSSR count). The Bertz CT molecular complexity index is 2760. The highest BCUT2D eigenvalue weighted by Gasteiger charge is 2.40. The normalized spacial score (nSPS) is 12.2. The molecule has 4 heterocycles. The average molecular weight is 669 g/mol. The van der Waals surface area contributed by atoms with Crippen LogP contribution in [0.25, 0.3) is 65.7 Å². The Morgan fingerprint density at radius 2 is 1.21 bits per heavy atom. The van der Waals surface area contributed by atoms with Gasteiger partial charge in [-0.15, -0.1) is 0 Å². The van der Waals surface area contributed by atoms with Crippen molar-refractivity contribution >= 4 is 45.0 Å². The van der Waals surface area contributed by atoms with E-state index >= 15 is 0 Å². The van der Waals surface area contributed by atoms with E-state index in [9.17, 15) is 14.9 Å². The first-order valence-electron chi connectivity index (χ1n) is 16.5. The van der Waals surface area contributed by atoms with Crippen molar-refractivity contribution in [2.75, 3.05) is 4.90 Å². The summed E-state index contributed by atoms with van der Waals surface area (Å²) in [5.74, 6) is -0.781. The number of nitrogens with zero attached hydrogens (tertiary/aromatic N) is 6. The highest BCUT2D eigenvalue weighted by atomic mass is 16.2. The van der Waals surface area contributed by atoms with Crippen molar-refractivity contribution in [2.24, 2.45) is 0 Å². The van der Waals surface area contributed by atoms with Gasteiger partial charge in [0.15, 0.2) is 0 Å². The van der Waals surface area contributed by atoms with Crippen molar-refractivity contribution in [2.45, 2.75) is 0 Å². The lowest BCUT2D eigenvalue weighted by molar-refractivity contribution is 0.0926. The van der Waals surface area contributed by atoms with Crippen molar-refractivity contribution in [1.82, 2.24) is 14.5 Å². The monoisotopic (exact) mass is 668 g/mol. The molecule has 0 fully saturated rings. The van der Waals surface area contributed by atoms with Crippen LogP contribution in [0.15, 0.2) is 146 Å². The second-order valence-corrected chi connectivity index (χ2v) is 12.4. The fraction of sp³-hybridized carbons (Fsp3) is 0. The van der Waals surface area contributed by atoms with Crippen LogP contribution < -0.4 is 4.90 Å². The second kappa shape index (κ2) is 12.0. The minimum Gasteiger partial charge on any atom is -0.308 e. The lowest BCUT2D eigenvalue weighted by Crippen LogP contribution is -2.30. The van der Waals surface area contributed by atoms with Crippen LogP contribution in [-0.2, 0) is 0 Å². The van der Waals surface area contributed by atoms with Gasteiger partial charge in [0.25, 0.3) is 11.8 Å². The van der Waals surface area contributed by atoms with Crippen LogP contribution in [0.3, 0.4) is 0 Å². The molecule has 242 valence electrons. The number of imide groups is 1. The number of fused-ring (bicyclic) bond motifs is 4. The third-order valence-electron chi connectivity index (χ3n) is 9.52. The molecule has 0 spiro atoms. The van der Waals surface area contributed by atoms with Gasteiger partial charge in [-0.2, -0.15) is 5.26 Å². The topological polar surface area (TPSA) is 96.2 Å². The maximum atomic E-state index is 14.6. The zero-order chi connectivity index (χ0) is 35.3. The molecule has 2 amide bonds. The predicted octanol–water partition coefficient (Wildman–Crippen LogP) is 9.80. The first-order valence-corrected chi connectivity index (χ1v) is 16.5. The zero-order valence-corrected chi connectivity index (χ0v) is 27.4. The van der Waals surface area contributed by atoms with Crippen LogP contribution in [0.4, 0.5) is 11.4 Å². The number of nitriles is 1. The second-order valence-electron chi connectivity index (χ2n) is 12.4. The number of pyridine rings is 2. The van der Waals surface area contributed by atoms with Gasteiger partial charge >= 0.3 is 0 Å². The largest absolute Gasteiger partial charge is 0.308 e. The molecule has 0 saturated heterocycles. The summed E-state index contributed by atoms with van der Waals surface area (Å²) in [6.45, 7) is 7.49. The number of para-hydroxylation sites is 1. The molecule has 8 aromatic rings. The lowest BCUT2D eigenvalue weighted by atomic mass is 10.0. The van der Waals surface area contributed by atoms with Crippen LogP contribution in [0.1, 0.15) is 26.3 Å². The summed E-state index contributed by atoms with van der Waals surface area (Å²) < 4.78 is 2.03. The number of carbonyl (C=O) groups is 2. The van der Waals surface area contributed by atoms with Gasteiger partial charge in [0.05, 0.1) is 45.7 Å². The zero-order valence-electron chi connectivity index (χ0n) is 27.4. The molecule has 5 aromatic carbocycles. The number of hydrogen-bond acceptors (Lipinski definition) is 5. The van der Waals surface area contributed by atoms with E-state index in [2.05, 4.69) is 33.0 Å². The van der Waals surface area contributed by atoms with Crippen LogP contribution in [0.2, 0.25) is 0 Å². The Labute approximate surface area is 297 Å². The van der Waals surface area contributed by atoms with Crippen molar-refractivity contribution in [1.29, 1.82) is 5.26 Å². The summed E-state index contributed by atoms with van der Waals surface area (Å²) in [7, 11) is 0. The van der Waals surface area contributed by atoms with E-state index < -0.39 is 5.91 Å². The van der Waals surface area contributed by atoms with Gasteiger partial charge in [-0.25, -0.2) is 9.74 Å². The maximum Gasteiger partial charge on any atom is 0.268 e. The smallest absolute Gasteiger partial charge is 0.268 e. The third-order valence-corrected chi connectivity index (χ3v) is 9.52. The van der Waals surface area contributed by atoms with Crippen LogP contribution in [-0.4, -0.2) is 26.3 Å². The quantitative estimate of drug-likeness (QED) is 0.134. The molecule has 0 atom stereocenters. The molecular formula is C44H24N6O2. The van der Waals surface area contributed by atoms with Gasteiger partial charge in [-0.05, 0) is 76.9 Å². The number of benzene rings is 5. The molecule has 1 aliphatic rings. The fourth-order valence-electron chi connectivity index (χ4n) is 7.15. The predicted molar refractivity (Wildman–Crippen MR) is 201 cm³/mol. The third kappa shape index (κ3) is 4.75. The first-order chi connectivity index (χ1) is 25.5. The van der Waals surface area contributed by atoms with Gasteiger partial charge in [-0.3, -0.25) is 19.6 Å². The van der Waals surface area contributed by atoms with E-state index in [-0.39, 0.29) is 5.91 Å². The standard InChI is InChI=1S/C44H24N6O2/c1-46-33-19-32(25-48-26-33)30-15-17-40-37(21-30)36-20-29(31-18-27(22-45)23-47-24-31)14-16-39(36)49(40)41-13-7-11-35-42(41)44(52)50(43(35)51)38-12-6-5-10-34(38)28-8-3-2-4-9-28/h2-21,23-26H. The number of carbonyl (C=O) groups excluding carboxylic acids is 2. The summed E-state index contributed by atoms with van der Waals surface area (Å²) in [5.41, 5.74) is 9.31. The highest BCUT2D eigenvalue weighted by molar-refractivity contribution is 6.36. The van der Waals surface area contributed by atoms with Crippen LogP contribution >= 0.6 is 0 Å². The SMILES string of the molecule is [C-]#[N+]c1cncc(-c2ccc3c(c2)c2cc(-c4cncc(C#N)c4)ccc2n3-c2cccc3c2C(=O)N(c2ccccc2-c2ccccc2)C3=O)c1. The Morgan fingerprint density at radius 1 is 0.577 bits per heavy atom. The summed E-state index contributed by atoms with van der Waals surface area (Å²) in [5, 5.41) is 11.3. The summed E-state index contributed by atoms with van der Waals surface area (Å²) in [6, 6.07) is 40.4. The molecule has 8 nitrogen and oxygen atoms in total. The van der Waals surface area contributed by atoms with E-state index in [4.69, 9.17) is 6.57 Å². The van der Waals surface area contributed by atoms with Crippen molar-refractivity contribution in [3.8, 4) is 45.1 Å². The molecule has 0 aliphatic carbocycles. The van der Waals surface area contributed by atoms with Gasteiger partial charge in [0.1, 0.15) is 6.07 Å². The number of hydrogen-bond donors (Lipinski definition) is 0. The first kappa shape index (κ1) is 30.4. The number of anilines is 1. The Hall–Kier alpha value is -7.68. The maximum absolute atomic E-state index is 14.6. The van der Waals surface area contributed by atoms with Gasteiger partial charge in [-0.1, -0.05) is 66.7 Å². The van der Waals surface area contributed by atoms with E-state index in [1.807, 2.05) is 89.5 Å². The molecule has 1 aliphatic heterocycles. The average Bonchev–Trinajstić information content (AvgIpc) is 3.67. The van der Waals surface area contributed by atoms with Gasteiger partial charge < -0.3 is 4.57 Å². The van der Waals surface area contributed by atoms with E-state index in [1.54, 1.807) is 36.7 Å². The molecule has 0 radical (unpaired) electrons. The Balaban J connectivity index is 1.27. The molecule has 52 heavy (non-hydrogen) atoms. The molecule has 0 saturated carbocycles. The lowest BCUT2D eigenvalue weighted by Gasteiger charge is -2.18. The van der Waals surface area contributed by atoms with Gasteiger partial charge in [0, 0.05) is 46.7 Å². The number of aromatic nitrogens is 3. The number of amides is 2. The van der Waals surface area contributed by atoms with Crippen LogP contribution in [0.5, 0.6) is 0 Å². The molecule has 0 bridgehead atoms. The summed E-state index contributed by atoms with van der Waals surface area (Å²) in [6.07, 6.45) is 6.52. The van der Waals surface area contributed by atoms with Gasteiger partial charge in [0.2, 0.25) is 5.69 Å². The Kier molecular flexibility index (Phi) is 7.03. The van der Waals surface area contributed by atoms with Crippen molar-refractivity contribution in [3.63, 3.8) is 0 Å².